The molecule has 30 heavy (non-hydrogen) atoms. The number of hydrogen-bond acceptors (Lipinski definition) is 6. The van der Waals surface area contributed by atoms with E-state index in [1.807, 2.05) is 48.5 Å². The number of nitrogens with zero attached hydrogens (tertiary/aromatic N) is 3. The van der Waals surface area contributed by atoms with Crippen LogP contribution in [0.1, 0.15) is 38.5 Å². The number of hydrogen-bond donors (Lipinski definition) is 0. The quantitative estimate of drug-likeness (QED) is 0.221. The normalized spacial score (nSPS) is 10.7. The molecule has 0 N–H and O–H groups in total. The van der Waals surface area contributed by atoms with Gasteiger partial charge in [-0.15, -0.1) is 10.2 Å². The highest BCUT2D eigenvalue weighted by Crippen LogP contribution is 2.29. The number of rotatable bonds is 11. The first-order valence-electron chi connectivity index (χ1n) is 10.3. The fourth-order valence-electron chi connectivity index (χ4n) is 3.13. The van der Waals surface area contributed by atoms with Crippen molar-refractivity contribution in [2.45, 2.75) is 43.7 Å². The first-order valence-corrected chi connectivity index (χ1v) is 11.3. The molecular formula is C24H27N3O2S. The van der Waals surface area contributed by atoms with Crippen LogP contribution in [0.25, 0.3) is 22.5 Å². The van der Waals surface area contributed by atoms with E-state index in [4.69, 9.17) is 4.98 Å². The van der Waals surface area contributed by atoms with Crippen LogP contribution < -0.4 is 0 Å². The number of ether oxygens (including phenoxy) is 1. The van der Waals surface area contributed by atoms with E-state index < -0.39 is 0 Å². The number of carbonyl (C=O) groups excluding carboxylic acids is 1. The predicted molar refractivity (Wildman–Crippen MR) is 121 cm³/mol. The lowest BCUT2D eigenvalue weighted by molar-refractivity contribution is -0.140. The van der Waals surface area contributed by atoms with Gasteiger partial charge in [0.2, 0.25) is 5.16 Å². The number of methoxy groups -OCH3 is 1. The Morgan fingerprint density at radius 2 is 1.40 bits per heavy atom. The van der Waals surface area contributed by atoms with Crippen molar-refractivity contribution in [1.82, 2.24) is 15.2 Å². The largest absolute Gasteiger partial charge is 0.469 e. The van der Waals surface area contributed by atoms with Gasteiger partial charge in [-0.05, 0) is 12.8 Å². The van der Waals surface area contributed by atoms with Crippen LogP contribution in [0.2, 0.25) is 0 Å². The van der Waals surface area contributed by atoms with E-state index in [0.717, 1.165) is 60.4 Å². The molecule has 0 atom stereocenters. The number of carbonyl (C=O) groups is 1. The maximum Gasteiger partial charge on any atom is 0.305 e. The summed E-state index contributed by atoms with van der Waals surface area (Å²) in [6, 6.07) is 20.2. The van der Waals surface area contributed by atoms with Crippen LogP contribution in [-0.2, 0) is 9.53 Å². The smallest absolute Gasteiger partial charge is 0.305 e. The molecule has 3 aromatic rings. The second-order valence-corrected chi connectivity index (χ2v) is 8.03. The van der Waals surface area contributed by atoms with Crippen LogP contribution in [0, 0.1) is 0 Å². The van der Waals surface area contributed by atoms with E-state index in [9.17, 15) is 4.79 Å². The Labute approximate surface area is 182 Å². The summed E-state index contributed by atoms with van der Waals surface area (Å²) in [6.07, 6.45) is 5.82. The van der Waals surface area contributed by atoms with Gasteiger partial charge in [-0.2, -0.15) is 0 Å². The molecule has 0 bridgehead atoms. The van der Waals surface area contributed by atoms with Crippen molar-refractivity contribution in [2.24, 2.45) is 0 Å². The zero-order valence-corrected chi connectivity index (χ0v) is 18.1. The molecule has 0 saturated heterocycles. The maximum atomic E-state index is 11.1. The number of aromatic nitrogens is 3. The van der Waals surface area contributed by atoms with E-state index in [0.29, 0.717) is 11.6 Å². The van der Waals surface area contributed by atoms with Crippen LogP contribution in [0.3, 0.4) is 0 Å². The van der Waals surface area contributed by atoms with Crippen molar-refractivity contribution < 1.29 is 9.53 Å². The van der Waals surface area contributed by atoms with Gasteiger partial charge >= 0.3 is 5.97 Å². The monoisotopic (exact) mass is 421 g/mol. The number of benzene rings is 2. The first-order chi connectivity index (χ1) is 14.8. The SMILES string of the molecule is COC(=O)CCCCCCCSc1nnc(-c2ccccc2)c(-c2ccccc2)n1. The molecule has 2 aromatic carbocycles. The summed E-state index contributed by atoms with van der Waals surface area (Å²) >= 11 is 1.65. The highest BCUT2D eigenvalue weighted by Gasteiger charge is 2.13. The number of unbranched alkanes of at least 4 members (excludes halogenated alkanes) is 4. The third kappa shape index (κ3) is 6.66. The molecule has 0 aliphatic rings. The Morgan fingerprint density at radius 3 is 2.07 bits per heavy atom. The highest BCUT2D eigenvalue weighted by molar-refractivity contribution is 7.99. The molecule has 0 spiro atoms. The van der Waals surface area contributed by atoms with Crippen molar-refractivity contribution in [3.63, 3.8) is 0 Å². The van der Waals surface area contributed by atoms with Crippen molar-refractivity contribution in [1.29, 1.82) is 0 Å². The number of esters is 1. The average molecular weight is 422 g/mol. The molecule has 0 unspecified atom stereocenters. The minimum Gasteiger partial charge on any atom is -0.469 e. The molecule has 0 radical (unpaired) electrons. The average Bonchev–Trinajstić information content (AvgIpc) is 2.81. The Morgan fingerprint density at radius 1 is 0.800 bits per heavy atom. The number of thioether (sulfide) groups is 1. The fourth-order valence-corrected chi connectivity index (χ4v) is 3.91. The van der Waals surface area contributed by atoms with Gasteiger partial charge < -0.3 is 4.74 Å². The molecule has 1 heterocycles. The van der Waals surface area contributed by atoms with Crippen molar-refractivity contribution in [3.8, 4) is 22.5 Å². The molecule has 0 aliphatic carbocycles. The minimum atomic E-state index is -0.122. The minimum absolute atomic E-state index is 0.122. The van der Waals surface area contributed by atoms with E-state index in [1.54, 1.807) is 11.8 Å². The molecule has 0 aliphatic heterocycles. The third-order valence-corrected chi connectivity index (χ3v) is 5.67. The summed E-state index contributed by atoms with van der Waals surface area (Å²) in [7, 11) is 1.44. The van der Waals surface area contributed by atoms with Crippen LogP contribution in [0.5, 0.6) is 0 Å². The Balaban J connectivity index is 1.57. The van der Waals surface area contributed by atoms with Crippen LogP contribution in [-0.4, -0.2) is 34.0 Å². The maximum absolute atomic E-state index is 11.1. The van der Waals surface area contributed by atoms with Crippen molar-refractivity contribution in [2.75, 3.05) is 12.9 Å². The second-order valence-electron chi connectivity index (χ2n) is 6.97. The molecule has 0 saturated carbocycles. The van der Waals surface area contributed by atoms with E-state index in [-0.39, 0.29) is 5.97 Å². The molecule has 0 amide bonds. The van der Waals surface area contributed by atoms with Crippen molar-refractivity contribution in [3.05, 3.63) is 60.7 Å². The first kappa shape index (κ1) is 22.0. The van der Waals surface area contributed by atoms with Gasteiger partial charge in [0.25, 0.3) is 0 Å². The van der Waals surface area contributed by atoms with Gasteiger partial charge in [0.15, 0.2) is 0 Å². The van der Waals surface area contributed by atoms with Crippen LogP contribution in [0.4, 0.5) is 0 Å². The fraction of sp³-hybridized carbons (Fsp3) is 0.333. The molecule has 5 nitrogen and oxygen atoms in total. The van der Waals surface area contributed by atoms with E-state index in [2.05, 4.69) is 27.1 Å². The van der Waals surface area contributed by atoms with E-state index >= 15 is 0 Å². The molecule has 6 heteroatoms. The summed E-state index contributed by atoms with van der Waals surface area (Å²) in [4.78, 5) is 15.9. The molecule has 3 rings (SSSR count). The van der Waals surface area contributed by atoms with Crippen LogP contribution >= 0.6 is 11.8 Å². The van der Waals surface area contributed by atoms with Gasteiger partial charge in [-0.25, -0.2) is 4.98 Å². The molecular weight excluding hydrogens is 394 g/mol. The van der Waals surface area contributed by atoms with E-state index in [1.165, 1.54) is 7.11 Å². The molecule has 156 valence electrons. The van der Waals surface area contributed by atoms with Gasteiger partial charge in [0, 0.05) is 23.3 Å². The second kappa shape index (κ2) is 12.1. The summed E-state index contributed by atoms with van der Waals surface area (Å²) in [5, 5.41) is 9.59. The lowest BCUT2D eigenvalue weighted by Gasteiger charge is -2.09. The summed E-state index contributed by atoms with van der Waals surface area (Å²) in [6.45, 7) is 0. The zero-order chi connectivity index (χ0) is 21.0. The summed E-state index contributed by atoms with van der Waals surface area (Å²) < 4.78 is 4.66. The third-order valence-electron chi connectivity index (χ3n) is 4.75. The van der Waals surface area contributed by atoms with Gasteiger partial charge in [0.05, 0.1) is 7.11 Å². The lowest BCUT2D eigenvalue weighted by Crippen LogP contribution is -2.00. The van der Waals surface area contributed by atoms with Gasteiger partial charge in [0.1, 0.15) is 11.4 Å². The Bertz CT molecular complexity index is 920. The zero-order valence-electron chi connectivity index (χ0n) is 17.3. The summed E-state index contributed by atoms with van der Waals surface area (Å²) in [5.41, 5.74) is 3.72. The lowest BCUT2D eigenvalue weighted by atomic mass is 10.0. The van der Waals surface area contributed by atoms with Gasteiger partial charge in [-0.1, -0.05) is 91.7 Å². The van der Waals surface area contributed by atoms with Gasteiger partial charge in [-0.3, -0.25) is 4.79 Å². The standard InChI is InChI=1S/C24H27N3O2S/c1-29-21(28)17-11-3-2-4-12-18-30-24-25-22(19-13-7-5-8-14-19)23(26-27-24)20-15-9-6-10-16-20/h5-10,13-16H,2-4,11-12,17-18H2,1H3. The summed E-state index contributed by atoms with van der Waals surface area (Å²) in [5.74, 6) is 0.834. The van der Waals surface area contributed by atoms with Crippen LogP contribution in [0.15, 0.2) is 65.8 Å². The topological polar surface area (TPSA) is 65.0 Å². The molecule has 1 aromatic heterocycles. The van der Waals surface area contributed by atoms with Crippen molar-refractivity contribution >= 4 is 17.7 Å². The predicted octanol–water partition coefficient (Wildman–Crippen LogP) is 5.81. The Kier molecular flexibility index (Phi) is 8.84. The highest BCUT2D eigenvalue weighted by atomic mass is 32.2. The Hall–Kier alpha value is -2.73. The molecule has 0 fully saturated rings.